The highest BCUT2D eigenvalue weighted by Crippen LogP contribution is 2.19. The second kappa shape index (κ2) is 3.74. The predicted molar refractivity (Wildman–Crippen MR) is 47.7 cm³/mol. The molecule has 0 bridgehead atoms. The van der Waals surface area contributed by atoms with Crippen LogP contribution in [0.1, 0.15) is 22.8 Å². The Morgan fingerprint density at radius 3 is 2.64 bits per heavy atom. The number of halogens is 2. The maximum absolute atomic E-state index is 12.6. The zero-order chi connectivity index (χ0) is 10.8. The summed E-state index contributed by atoms with van der Waals surface area (Å²) in [6.07, 6.45) is -0.436. The van der Waals surface area contributed by atoms with Crippen LogP contribution in [0.25, 0.3) is 0 Å². The minimum absolute atomic E-state index is 0.0340. The molecule has 0 aromatic heterocycles. The van der Waals surface area contributed by atoms with Gasteiger partial charge in [-0.3, -0.25) is 0 Å². The Morgan fingerprint density at radius 2 is 2.14 bits per heavy atom. The predicted octanol–water partition coefficient (Wildman–Crippen LogP) is 2.58. The Balaban J connectivity index is 2.89. The van der Waals surface area contributed by atoms with E-state index in [1.807, 2.05) is 0 Å². The van der Waals surface area contributed by atoms with Crippen molar-refractivity contribution in [3.05, 3.63) is 35.4 Å². The first-order valence-corrected chi connectivity index (χ1v) is 4.08. The molecule has 0 saturated carbocycles. The third-order valence-corrected chi connectivity index (χ3v) is 1.69. The Hall–Kier alpha value is -1.45. The van der Waals surface area contributed by atoms with Gasteiger partial charge in [0.05, 0.1) is 5.56 Å². The fourth-order valence-corrected chi connectivity index (χ4v) is 1.17. The van der Waals surface area contributed by atoms with Crippen LogP contribution in [0.4, 0.5) is 8.78 Å². The number of aromatic carboxylic acids is 1. The monoisotopic (exact) mass is 200 g/mol. The van der Waals surface area contributed by atoms with E-state index in [4.69, 9.17) is 5.11 Å². The SMILES string of the molecule is CC(F)(F)Cc1cccc(C(=O)O)c1. The summed E-state index contributed by atoms with van der Waals surface area (Å²) in [5.41, 5.74) is 0.365. The van der Waals surface area contributed by atoms with E-state index in [0.29, 0.717) is 5.56 Å². The van der Waals surface area contributed by atoms with Crippen LogP contribution < -0.4 is 0 Å². The summed E-state index contributed by atoms with van der Waals surface area (Å²) in [5.74, 6) is -3.91. The molecule has 0 atom stereocenters. The lowest BCUT2D eigenvalue weighted by Crippen LogP contribution is -2.13. The molecule has 2 nitrogen and oxygen atoms in total. The van der Waals surface area contributed by atoms with Gasteiger partial charge < -0.3 is 5.11 Å². The summed E-state index contributed by atoms with van der Waals surface area (Å²) in [4.78, 5) is 10.5. The van der Waals surface area contributed by atoms with Crippen molar-refractivity contribution in [3.63, 3.8) is 0 Å². The summed E-state index contributed by atoms with van der Waals surface area (Å²) in [6.45, 7) is 0.806. The van der Waals surface area contributed by atoms with Crippen LogP contribution in [0.15, 0.2) is 24.3 Å². The fourth-order valence-electron chi connectivity index (χ4n) is 1.17. The van der Waals surface area contributed by atoms with Crippen molar-refractivity contribution in [2.75, 3.05) is 0 Å². The van der Waals surface area contributed by atoms with Gasteiger partial charge >= 0.3 is 5.97 Å². The average molecular weight is 200 g/mol. The molecular weight excluding hydrogens is 190 g/mol. The van der Waals surface area contributed by atoms with E-state index in [9.17, 15) is 13.6 Å². The third kappa shape index (κ3) is 3.12. The molecule has 0 aliphatic carbocycles. The van der Waals surface area contributed by atoms with Crippen LogP contribution >= 0.6 is 0 Å². The van der Waals surface area contributed by atoms with Crippen molar-refractivity contribution in [1.82, 2.24) is 0 Å². The quantitative estimate of drug-likeness (QED) is 0.814. The molecule has 4 heteroatoms. The molecule has 0 heterocycles. The Bertz CT molecular complexity index is 342. The van der Waals surface area contributed by atoms with E-state index in [2.05, 4.69) is 0 Å². The largest absolute Gasteiger partial charge is 0.478 e. The molecule has 0 unspecified atom stereocenters. The van der Waals surface area contributed by atoms with Crippen molar-refractivity contribution in [3.8, 4) is 0 Å². The summed E-state index contributed by atoms with van der Waals surface area (Å²) < 4.78 is 25.2. The topological polar surface area (TPSA) is 37.3 Å². The molecule has 1 rings (SSSR count). The molecule has 0 radical (unpaired) electrons. The van der Waals surface area contributed by atoms with Crippen molar-refractivity contribution < 1.29 is 18.7 Å². The van der Waals surface area contributed by atoms with Crippen LogP contribution in [0, 0.1) is 0 Å². The number of carbonyl (C=O) groups is 1. The van der Waals surface area contributed by atoms with Crippen molar-refractivity contribution in [2.24, 2.45) is 0 Å². The summed E-state index contributed by atoms with van der Waals surface area (Å²) in [7, 11) is 0. The van der Waals surface area contributed by atoms with Crippen LogP contribution in [-0.4, -0.2) is 17.0 Å². The number of carboxylic acid groups (broad SMARTS) is 1. The second-order valence-corrected chi connectivity index (χ2v) is 3.25. The lowest BCUT2D eigenvalue weighted by molar-refractivity contribution is 0.0225. The molecule has 1 aromatic carbocycles. The van der Waals surface area contributed by atoms with E-state index in [-0.39, 0.29) is 5.56 Å². The minimum Gasteiger partial charge on any atom is -0.478 e. The Kier molecular flexibility index (Phi) is 2.84. The molecule has 0 aliphatic rings. The number of alkyl halides is 2. The first kappa shape index (κ1) is 10.6. The van der Waals surface area contributed by atoms with Gasteiger partial charge in [-0.15, -0.1) is 0 Å². The maximum Gasteiger partial charge on any atom is 0.335 e. The smallest absolute Gasteiger partial charge is 0.335 e. The zero-order valence-electron chi connectivity index (χ0n) is 7.63. The van der Waals surface area contributed by atoms with Gasteiger partial charge in [0.2, 0.25) is 5.92 Å². The summed E-state index contributed by atoms with van der Waals surface area (Å²) in [6, 6.07) is 5.59. The summed E-state index contributed by atoms with van der Waals surface area (Å²) in [5, 5.41) is 8.62. The Morgan fingerprint density at radius 1 is 1.50 bits per heavy atom. The van der Waals surface area contributed by atoms with Crippen molar-refractivity contribution in [2.45, 2.75) is 19.3 Å². The molecule has 0 spiro atoms. The molecule has 1 aromatic rings. The first-order valence-electron chi connectivity index (χ1n) is 4.08. The lowest BCUT2D eigenvalue weighted by Gasteiger charge is -2.09. The van der Waals surface area contributed by atoms with Crippen molar-refractivity contribution in [1.29, 1.82) is 0 Å². The van der Waals surface area contributed by atoms with Gasteiger partial charge in [-0.25, -0.2) is 13.6 Å². The number of benzene rings is 1. The Labute approximate surface area is 80.2 Å². The highest BCUT2D eigenvalue weighted by molar-refractivity contribution is 5.87. The van der Waals surface area contributed by atoms with Crippen LogP contribution in [0.5, 0.6) is 0 Å². The van der Waals surface area contributed by atoms with E-state index >= 15 is 0 Å². The van der Waals surface area contributed by atoms with Gasteiger partial charge in [0, 0.05) is 6.42 Å². The molecule has 0 amide bonds. The number of carboxylic acids is 1. The normalized spacial score (nSPS) is 11.4. The molecule has 0 saturated heterocycles. The molecular formula is C10H10F2O2. The highest BCUT2D eigenvalue weighted by Gasteiger charge is 2.21. The van der Waals surface area contributed by atoms with Gasteiger partial charge in [-0.2, -0.15) is 0 Å². The minimum atomic E-state index is -2.81. The second-order valence-electron chi connectivity index (χ2n) is 3.25. The van der Waals surface area contributed by atoms with Gasteiger partial charge in [-0.1, -0.05) is 12.1 Å². The van der Waals surface area contributed by atoms with Crippen LogP contribution in [0.2, 0.25) is 0 Å². The molecule has 1 N–H and O–H groups in total. The van der Waals surface area contributed by atoms with E-state index in [1.165, 1.54) is 24.3 Å². The number of hydrogen-bond acceptors (Lipinski definition) is 1. The van der Waals surface area contributed by atoms with Crippen LogP contribution in [0.3, 0.4) is 0 Å². The van der Waals surface area contributed by atoms with Gasteiger partial charge in [-0.05, 0) is 24.6 Å². The van der Waals surface area contributed by atoms with E-state index in [1.54, 1.807) is 0 Å². The average Bonchev–Trinajstić information content (AvgIpc) is 2.01. The number of rotatable bonds is 3. The van der Waals surface area contributed by atoms with Gasteiger partial charge in [0.15, 0.2) is 0 Å². The van der Waals surface area contributed by atoms with E-state index < -0.39 is 18.3 Å². The zero-order valence-corrected chi connectivity index (χ0v) is 7.63. The lowest BCUT2D eigenvalue weighted by atomic mass is 10.1. The molecule has 14 heavy (non-hydrogen) atoms. The van der Waals surface area contributed by atoms with Crippen LogP contribution in [-0.2, 0) is 6.42 Å². The van der Waals surface area contributed by atoms with Crippen molar-refractivity contribution >= 4 is 5.97 Å². The first-order chi connectivity index (χ1) is 6.38. The maximum atomic E-state index is 12.6. The highest BCUT2D eigenvalue weighted by atomic mass is 19.3. The van der Waals surface area contributed by atoms with E-state index in [0.717, 1.165) is 6.92 Å². The fraction of sp³-hybridized carbons (Fsp3) is 0.300. The molecule has 0 fully saturated rings. The molecule has 0 aliphatic heterocycles. The molecule has 76 valence electrons. The summed E-state index contributed by atoms with van der Waals surface area (Å²) >= 11 is 0. The van der Waals surface area contributed by atoms with Gasteiger partial charge in [0.25, 0.3) is 0 Å². The number of hydrogen-bond donors (Lipinski definition) is 1. The standard InChI is InChI=1S/C10H10F2O2/c1-10(11,12)6-7-3-2-4-8(5-7)9(13)14/h2-5H,6H2,1H3,(H,13,14). The van der Waals surface area contributed by atoms with Gasteiger partial charge in [0.1, 0.15) is 0 Å². The third-order valence-electron chi connectivity index (χ3n) is 1.69.